The van der Waals surface area contributed by atoms with Crippen LogP contribution in [0.4, 0.5) is 4.79 Å². The van der Waals surface area contributed by atoms with Gasteiger partial charge in [0.15, 0.2) is 0 Å². The molecule has 5 N–H and O–H groups in total. The Balaban J connectivity index is 2.76. The lowest BCUT2D eigenvalue weighted by Gasteiger charge is -2.22. The molecule has 0 aromatic heterocycles. The van der Waals surface area contributed by atoms with E-state index in [1.54, 1.807) is 26.8 Å². The summed E-state index contributed by atoms with van der Waals surface area (Å²) < 4.78 is 33.1. The molecule has 0 aliphatic heterocycles. The monoisotopic (exact) mass is 473 g/mol. The zero-order valence-electron chi connectivity index (χ0n) is 19.0. The summed E-state index contributed by atoms with van der Waals surface area (Å²) >= 11 is 0. The third-order valence-corrected chi connectivity index (χ3v) is 6.49. The van der Waals surface area contributed by atoms with Crippen LogP contribution in [-0.2, 0) is 19.7 Å². The summed E-state index contributed by atoms with van der Waals surface area (Å²) in [5, 5.41) is 22.5. The van der Waals surface area contributed by atoms with E-state index in [0.29, 0.717) is 22.4 Å². The fourth-order valence-electron chi connectivity index (χ4n) is 3.10. The summed E-state index contributed by atoms with van der Waals surface area (Å²) in [6, 6.07) is 0.579. The minimum absolute atomic E-state index is 0.0706. The molecule has 12 nitrogen and oxygen atoms in total. The van der Waals surface area contributed by atoms with Gasteiger partial charge in [-0.05, 0) is 56.4 Å². The maximum absolute atomic E-state index is 12.8. The van der Waals surface area contributed by atoms with Crippen LogP contribution in [0.15, 0.2) is 11.0 Å². The van der Waals surface area contributed by atoms with Crippen molar-refractivity contribution in [2.45, 2.75) is 44.6 Å². The number of nitrogens with zero attached hydrogens (tertiary/aromatic N) is 1. The first-order chi connectivity index (χ1) is 14.8. The topological polar surface area (TPSA) is 170 Å². The van der Waals surface area contributed by atoms with Crippen molar-refractivity contribution in [3.05, 3.63) is 22.8 Å². The molecular weight excluding hydrogens is 442 g/mol. The van der Waals surface area contributed by atoms with Gasteiger partial charge in [-0.15, -0.1) is 0 Å². The number of sulfonamides is 1. The molecule has 0 radical (unpaired) electrons. The van der Waals surface area contributed by atoms with Crippen molar-refractivity contribution in [2.75, 3.05) is 27.8 Å². The standard InChI is InChI=1S/C19H31N5O7S/c1-11-10-15(30-5)12(2)13(3)16(11)32(28,29)23-18(20)21-9-7-8-14(22-19(26)27)17(25)24(4)31-6/h10,14,22H,7-9H2,1-6H3,(H,26,27)(H3,20,21,23)/t14-/m1/s1. The highest BCUT2D eigenvalue weighted by Gasteiger charge is 2.25. The molecule has 0 aliphatic rings. The van der Waals surface area contributed by atoms with Crippen LogP contribution in [0.1, 0.15) is 29.5 Å². The molecular formula is C19H31N5O7S. The van der Waals surface area contributed by atoms with E-state index in [-0.39, 0.29) is 24.3 Å². The zero-order chi connectivity index (χ0) is 24.6. The third kappa shape index (κ3) is 6.99. The second-order valence-electron chi connectivity index (χ2n) is 7.04. The van der Waals surface area contributed by atoms with Crippen LogP contribution in [0.2, 0.25) is 0 Å². The number of amides is 2. The van der Waals surface area contributed by atoms with Gasteiger partial charge in [0.05, 0.1) is 19.1 Å². The van der Waals surface area contributed by atoms with E-state index in [1.165, 1.54) is 21.3 Å². The Hall–Kier alpha value is -3.06. The highest BCUT2D eigenvalue weighted by molar-refractivity contribution is 7.90. The molecule has 0 spiro atoms. The Kier molecular flexibility index (Phi) is 9.72. The van der Waals surface area contributed by atoms with Crippen LogP contribution in [0.25, 0.3) is 0 Å². The van der Waals surface area contributed by atoms with E-state index >= 15 is 0 Å². The number of nitrogens with one attached hydrogen (secondary N) is 4. The molecule has 0 saturated carbocycles. The van der Waals surface area contributed by atoms with E-state index in [2.05, 4.69) is 15.4 Å². The molecule has 0 aliphatic carbocycles. The van der Waals surface area contributed by atoms with Crippen LogP contribution in [-0.4, -0.2) is 70.4 Å². The number of carboxylic acid groups (broad SMARTS) is 1. The number of likely N-dealkylation sites (N-methyl/N-ethyl adjacent to an activating group) is 1. The number of aryl methyl sites for hydroxylation is 1. The van der Waals surface area contributed by atoms with Gasteiger partial charge in [-0.25, -0.2) is 23.0 Å². The third-order valence-electron chi connectivity index (χ3n) is 4.85. The summed E-state index contributed by atoms with van der Waals surface area (Å²) in [6.07, 6.45) is -0.971. The van der Waals surface area contributed by atoms with Crippen LogP contribution < -0.4 is 20.1 Å². The first kappa shape index (κ1) is 27.0. The molecule has 0 saturated heterocycles. The van der Waals surface area contributed by atoms with Gasteiger partial charge < -0.3 is 20.5 Å². The SMILES string of the molecule is COc1cc(C)c(S(=O)(=O)NC(=N)NCCC[C@@H](NC(=O)O)C(=O)N(C)OC)c(C)c1C. The van der Waals surface area contributed by atoms with Crippen molar-refractivity contribution in [3.63, 3.8) is 0 Å². The van der Waals surface area contributed by atoms with Gasteiger partial charge >= 0.3 is 6.09 Å². The smallest absolute Gasteiger partial charge is 0.405 e. The van der Waals surface area contributed by atoms with Crippen molar-refractivity contribution >= 4 is 28.0 Å². The maximum atomic E-state index is 12.8. The number of benzene rings is 1. The molecule has 0 unspecified atom stereocenters. The van der Waals surface area contributed by atoms with E-state index in [0.717, 1.165) is 5.06 Å². The number of hydrogen-bond acceptors (Lipinski definition) is 7. The van der Waals surface area contributed by atoms with Crippen LogP contribution >= 0.6 is 0 Å². The molecule has 180 valence electrons. The fourth-order valence-corrected chi connectivity index (χ4v) is 4.59. The molecule has 1 aromatic rings. The summed E-state index contributed by atoms with van der Waals surface area (Å²) in [4.78, 5) is 27.9. The minimum Gasteiger partial charge on any atom is -0.496 e. The summed E-state index contributed by atoms with van der Waals surface area (Å²) in [5.74, 6) is -0.447. The number of hydrogen-bond donors (Lipinski definition) is 5. The van der Waals surface area contributed by atoms with E-state index in [1.807, 2.05) is 0 Å². The fraction of sp³-hybridized carbons (Fsp3) is 0.526. The lowest BCUT2D eigenvalue weighted by atomic mass is 10.1. The van der Waals surface area contributed by atoms with Gasteiger partial charge in [-0.3, -0.25) is 15.0 Å². The second kappa shape index (κ2) is 11.5. The van der Waals surface area contributed by atoms with E-state index < -0.39 is 34.0 Å². The Morgan fingerprint density at radius 1 is 1.22 bits per heavy atom. The number of guanidine groups is 1. The minimum atomic E-state index is -4.03. The van der Waals surface area contributed by atoms with Gasteiger partial charge in [-0.2, -0.15) is 0 Å². The van der Waals surface area contributed by atoms with Gasteiger partial charge in [0, 0.05) is 13.6 Å². The van der Waals surface area contributed by atoms with Crippen molar-refractivity contribution in [3.8, 4) is 5.75 Å². The first-order valence-corrected chi connectivity index (χ1v) is 11.1. The number of carbonyl (C=O) groups is 2. The van der Waals surface area contributed by atoms with Crippen molar-refractivity contribution < 1.29 is 32.7 Å². The number of ether oxygens (including phenoxy) is 1. The number of hydroxylamine groups is 2. The van der Waals surface area contributed by atoms with Gasteiger partial charge in [0.2, 0.25) is 5.96 Å². The molecule has 13 heteroatoms. The normalized spacial score (nSPS) is 11.9. The van der Waals surface area contributed by atoms with E-state index in [9.17, 15) is 18.0 Å². The largest absolute Gasteiger partial charge is 0.496 e. The lowest BCUT2D eigenvalue weighted by Crippen LogP contribution is -2.47. The van der Waals surface area contributed by atoms with Crippen LogP contribution in [0.3, 0.4) is 0 Å². The molecule has 1 rings (SSSR count). The molecule has 0 bridgehead atoms. The van der Waals surface area contributed by atoms with E-state index in [4.69, 9.17) is 20.1 Å². The Labute approximate surface area is 187 Å². The predicted molar refractivity (Wildman–Crippen MR) is 117 cm³/mol. The van der Waals surface area contributed by atoms with Gasteiger partial charge in [0.25, 0.3) is 15.9 Å². The Morgan fingerprint density at radius 2 is 1.84 bits per heavy atom. The maximum Gasteiger partial charge on any atom is 0.405 e. The first-order valence-electron chi connectivity index (χ1n) is 9.66. The predicted octanol–water partition coefficient (Wildman–Crippen LogP) is 0.859. The number of methoxy groups -OCH3 is 1. The highest BCUT2D eigenvalue weighted by atomic mass is 32.2. The summed E-state index contributed by atoms with van der Waals surface area (Å²) in [5.41, 5.74) is 1.68. The number of carbonyl (C=O) groups excluding carboxylic acids is 1. The zero-order valence-corrected chi connectivity index (χ0v) is 19.8. The second-order valence-corrected chi connectivity index (χ2v) is 8.66. The average molecular weight is 474 g/mol. The quantitative estimate of drug-likeness (QED) is 0.144. The lowest BCUT2D eigenvalue weighted by molar-refractivity contribution is -0.171. The molecule has 1 aromatic carbocycles. The van der Waals surface area contributed by atoms with Gasteiger partial charge in [0.1, 0.15) is 11.8 Å². The average Bonchev–Trinajstić information content (AvgIpc) is 2.70. The molecule has 32 heavy (non-hydrogen) atoms. The van der Waals surface area contributed by atoms with Crippen molar-refractivity contribution in [2.24, 2.45) is 0 Å². The number of rotatable bonds is 10. The van der Waals surface area contributed by atoms with Crippen molar-refractivity contribution in [1.29, 1.82) is 5.41 Å². The van der Waals surface area contributed by atoms with Gasteiger partial charge in [-0.1, -0.05) is 0 Å². The van der Waals surface area contributed by atoms with Crippen molar-refractivity contribution in [1.82, 2.24) is 20.4 Å². The van der Waals surface area contributed by atoms with Crippen LogP contribution in [0, 0.1) is 26.2 Å². The van der Waals surface area contributed by atoms with Crippen LogP contribution in [0.5, 0.6) is 5.75 Å². The summed E-state index contributed by atoms with van der Waals surface area (Å²) in [7, 11) is 0.109. The molecule has 0 fully saturated rings. The Morgan fingerprint density at radius 3 is 2.38 bits per heavy atom. The molecule has 2 amide bonds. The highest BCUT2D eigenvalue weighted by Crippen LogP contribution is 2.30. The summed E-state index contributed by atoms with van der Waals surface area (Å²) in [6.45, 7) is 5.19. The Bertz CT molecular complexity index is 965. The molecule has 0 heterocycles. The molecule has 1 atom stereocenters.